The standard InChI is InChI=1S/C20H23N3O2.ClH/c1-2-23-18-6-4-3-5-16(18)17-11-14(7-8-19(17)23)22-20(24)12-15-13-21-9-10-25-15;/h3-8,11,15,21H,2,9-10,12-13H2,1H3,(H,22,24);1H. The number of halogens is 1. The van der Waals surface area contributed by atoms with Crippen LogP contribution in [0.1, 0.15) is 13.3 Å². The molecule has 1 amide bonds. The Morgan fingerprint density at radius 1 is 1.23 bits per heavy atom. The minimum atomic E-state index is -0.0421. The van der Waals surface area contributed by atoms with Crippen molar-refractivity contribution in [1.29, 1.82) is 0 Å². The van der Waals surface area contributed by atoms with E-state index in [1.165, 1.54) is 21.8 Å². The van der Waals surface area contributed by atoms with Gasteiger partial charge in [0, 0.05) is 47.1 Å². The van der Waals surface area contributed by atoms with Crippen molar-refractivity contribution in [3.63, 3.8) is 0 Å². The monoisotopic (exact) mass is 373 g/mol. The molecule has 1 unspecified atom stereocenters. The zero-order chi connectivity index (χ0) is 17.2. The number of benzene rings is 2. The number of amides is 1. The maximum atomic E-state index is 12.3. The molecule has 138 valence electrons. The van der Waals surface area contributed by atoms with Crippen LogP contribution in [0.3, 0.4) is 0 Å². The molecule has 0 aliphatic carbocycles. The highest BCUT2D eigenvalue weighted by atomic mass is 35.5. The zero-order valence-electron chi connectivity index (χ0n) is 14.8. The van der Waals surface area contributed by atoms with Gasteiger partial charge in [-0.2, -0.15) is 0 Å². The van der Waals surface area contributed by atoms with Crippen molar-refractivity contribution in [2.45, 2.75) is 26.0 Å². The van der Waals surface area contributed by atoms with E-state index in [1.807, 2.05) is 6.07 Å². The van der Waals surface area contributed by atoms with E-state index in [2.05, 4.69) is 58.5 Å². The lowest BCUT2D eigenvalue weighted by molar-refractivity contribution is -0.119. The summed E-state index contributed by atoms with van der Waals surface area (Å²) in [6, 6.07) is 14.5. The first-order valence-corrected chi connectivity index (χ1v) is 8.89. The van der Waals surface area contributed by atoms with Crippen LogP contribution in [0.15, 0.2) is 42.5 Å². The number of nitrogens with zero attached hydrogens (tertiary/aromatic N) is 1. The summed E-state index contributed by atoms with van der Waals surface area (Å²) < 4.78 is 7.91. The highest BCUT2D eigenvalue weighted by molar-refractivity contribution is 6.09. The molecular weight excluding hydrogens is 350 g/mol. The second-order valence-corrected chi connectivity index (χ2v) is 6.44. The molecule has 0 saturated carbocycles. The van der Waals surface area contributed by atoms with E-state index >= 15 is 0 Å². The molecule has 0 spiro atoms. The van der Waals surface area contributed by atoms with Gasteiger partial charge < -0.3 is 19.9 Å². The van der Waals surface area contributed by atoms with Crippen LogP contribution in [0, 0.1) is 0 Å². The number of para-hydroxylation sites is 1. The number of aromatic nitrogens is 1. The number of nitrogens with one attached hydrogen (secondary N) is 2. The Kier molecular flexibility index (Phi) is 5.81. The van der Waals surface area contributed by atoms with Crippen LogP contribution in [0.5, 0.6) is 0 Å². The quantitative estimate of drug-likeness (QED) is 0.735. The zero-order valence-corrected chi connectivity index (χ0v) is 15.6. The van der Waals surface area contributed by atoms with Gasteiger partial charge >= 0.3 is 0 Å². The van der Waals surface area contributed by atoms with Gasteiger partial charge in [0.05, 0.1) is 19.1 Å². The van der Waals surface area contributed by atoms with E-state index in [0.717, 1.165) is 25.3 Å². The van der Waals surface area contributed by atoms with Crippen LogP contribution in [0.4, 0.5) is 5.69 Å². The fourth-order valence-corrected chi connectivity index (χ4v) is 3.64. The summed E-state index contributed by atoms with van der Waals surface area (Å²) in [6.45, 7) is 5.33. The van der Waals surface area contributed by atoms with E-state index in [0.29, 0.717) is 13.0 Å². The molecule has 3 aromatic rings. The van der Waals surface area contributed by atoms with Gasteiger partial charge in [0.2, 0.25) is 5.91 Å². The second kappa shape index (κ2) is 8.08. The third-order valence-electron chi connectivity index (χ3n) is 4.79. The summed E-state index contributed by atoms with van der Waals surface area (Å²) in [5.41, 5.74) is 3.26. The number of fused-ring (bicyclic) bond motifs is 3. The highest BCUT2D eigenvalue weighted by Gasteiger charge is 2.18. The predicted molar refractivity (Wildman–Crippen MR) is 108 cm³/mol. The average Bonchev–Trinajstić information content (AvgIpc) is 2.95. The van der Waals surface area contributed by atoms with Crippen molar-refractivity contribution in [3.05, 3.63) is 42.5 Å². The fourth-order valence-electron chi connectivity index (χ4n) is 3.64. The van der Waals surface area contributed by atoms with Gasteiger partial charge in [-0.3, -0.25) is 4.79 Å². The van der Waals surface area contributed by atoms with Crippen molar-refractivity contribution in [2.24, 2.45) is 0 Å². The number of ether oxygens (including phenoxy) is 1. The Labute approximate surface area is 159 Å². The number of carbonyl (C=O) groups is 1. The molecule has 1 aromatic heterocycles. The summed E-state index contributed by atoms with van der Waals surface area (Å²) in [4.78, 5) is 12.3. The first-order chi connectivity index (χ1) is 12.3. The Balaban J connectivity index is 0.00000196. The summed E-state index contributed by atoms with van der Waals surface area (Å²) in [7, 11) is 0. The van der Waals surface area contributed by atoms with E-state index in [9.17, 15) is 4.79 Å². The summed E-state index contributed by atoms with van der Waals surface area (Å²) >= 11 is 0. The van der Waals surface area contributed by atoms with Crippen LogP contribution in [-0.2, 0) is 16.1 Å². The molecule has 0 radical (unpaired) electrons. The molecule has 0 bridgehead atoms. The van der Waals surface area contributed by atoms with Gasteiger partial charge in [-0.25, -0.2) is 0 Å². The van der Waals surface area contributed by atoms with Gasteiger partial charge in [0.1, 0.15) is 0 Å². The molecule has 5 nitrogen and oxygen atoms in total. The molecule has 4 rings (SSSR count). The third-order valence-corrected chi connectivity index (χ3v) is 4.79. The fraction of sp³-hybridized carbons (Fsp3) is 0.350. The molecule has 1 fully saturated rings. The number of hydrogen-bond acceptors (Lipinski definition) is 3. The molecule has 2 N–H and O–H groups in total. The first-order valence-electron chi connectivity index (χ1n) is 8.89. The Bertz CT molecular complexity index is 916. The molecule has 26 heavy (non-hydrogen) atoms. The Hall–Kier alpha value is -2.08. The number of rotatable bonds is 4. The lowest BCUT2D eigenvalue weighted by Gasteiger charge is -2.23. The SMILES string of the molecule is CCn1c2ccccc2c2cc(NC(=O)CC3CNCCO3)ccc21.Cl. The maximum absolute atomic E-state index is 12.3. The van der Waals surface area contributed by atoms with Crippen LogP contribution >= 0.6 is 12.4 Å². The van der Waals surface area contributed by atoms with E-state index in [-0.39, 0.29) is 24.4 Å². The molecule has 6 heteroatoms. The topological polar surface area (TPSA) is 55.3 Å². The number of carbonyl (C=O) groups excluding carboxylic acids is 1. The molecular formula is C20H24ClN3O2. The van der Waals surface area contributed by atoms with E-state index < -0.39 is 0 Å². The third kappa shape index (κ3) is 3.56. The molecule has 2 aromatic carbocycles. The molecule has 1 aliphatic heterocycles. The largest absolute Gasteiger partial charge is 0.375 e. The highest BCUT2D eigenvalue weighted by Crippen LogP contribution is 2.31. The van der Waals surface area contributed by atoms with Crippen LogP contribution in [-0.4, -0.2) is 36.3 Å². The Morgan fingerprint density at radius 3 is 2.81 bits per heavy atom. The van der Waals surface area contributed by atoms with Crippen molar-refractivity contribution >= 4 is 45.8 Å². The minimum Gasteiger partial charge on any atom is -0.375 e. The summed E-state index contributed by atoms with van der Waals surface area (Å²) in [6.07, 6.45) is 0.335. The minimum absolute atomic E-state index is 0. The van der Waals surface area contributed by atoms with Crippen molar-refractivity contribution < 1.29 is 9.53 Å². The molecule has 1 atom stereocenters. The van der Waals surface area contributed by atoms with Gasteiger partial charge in [-0.05, 0) is 31.2 Å². The smallest absolute Gasteiger partial charge is 0.227 e. The van der Waals surface area contributed by atoms with Gasteiger partial charge in [0.25, 0.3) is 0 Å². The van der Waals surface area contributed by atoms with E-state index in [4.69, 9.17) is 4.74 Å². The summed E-state index contributed by atoms with van der Waals surface area (Å²) in [5.74, 6) is -0.00715. The normalized spacial score (nSPS) is 17.2. The number of aryl methyl sites for hydroxylation is 1. The number of anilines is 1. The summed E-state index contributed by atoms with van der Waals surface area (Å²) in [5, 5.41) is 8.66. The molecule has 2 heterocycles. The van der Waals surface area contributed by atoms with Crippen molar-refractivity contribution in [3.8, 4) is 0 Å². The molecule has 1 saturated heterocycles. The predicted octanol–water partition coefficient (Wildman–Crippen LogP) is 3.55. The average molecular weight is 374 g/mol. The lowest BCUT2D eigenvalue weighted by atomic mass is 10.1. The van der Waals surface area contributed by atoms with Crippen LogP contribution in [0.25, 0.3) is 21.8 Å². The van der Waals surface area contributed by atoms with E-state index in [1.54, 1.807) is 0 Å². The van der Waals surface area contributed by atoms with Gasteiger partial charge in [-0.1, -0.05) is 18.2 Å². The van der Waals surface area contributed by atoms with Crippen LogP contribution < -0.4 is 10.6 Å². The first kappa shape index (κ1) is 18.7. The lowest BCUT2D eigenvalue weighted by Crippen LogP contribution is -2.40. The van der Waals surface area contributed by atoms with Crippen molar-refractivity contribution in [1.82, 2.24) is 9.88 Å². The maximum Gasteiger partial charge on any atom is 0.227 e. The molecule has 1 aliphatic rings. The van der Waals surface area contributed by atoms with Crippen LogP contribution in [0.2, 0.25) is 0 Å². The second-order valence-electron chi connectivity index (χ2n) is 6.44. The van der Waals surface area contributed by atoms with Crippen molar-refractivity contribution in [2.75, 3.05) is 25.0 Å². The Morgan fingerprint density at radius 2 is 2.04 bits per heavy atom. The number of hydrogen-bond donors (Lipinski definition) is 2. The van der Waals surface area contributed by atoms with Gasteiger partial charge in [0.15, 0.2) is 0 Å². The van der Waals surface area contributed by atoms with Gasteiger partial charge in [-0.15, -0.1) is 12.4 Å². The number of morpholine rings is 1.